The van der Waals surface area contributed by atoms with Crippen LogP contribution in [0.3, 0.4) is 0 Å². The van der Waals surface area contributed by atoms with Gasteiger partial charge in [-0.1, -0.05) is 13.3 Å². The zero-order valence-electron chi connectivity index (χ0n) is 10.5. The van der Waals surface area contributed by atoms with Crippen molar-refractivity contribution in [2.45, 2.75) is 37.1 Å². The van der Waals surface area contributed by atoms with Crippen molar-refractivity contribution in [1.82, 2.24) is 4.72 Å². The van der Waals surface area contributed by atoms with Crippen molar-refractivity contribution in [3.63, 3.8) is 0 Å². The third-order valence-electron chi connectivity index (χ3n) is 3.46. The third kappa shape index (κ3) is 2.87. The fraction of sp³-hybridized carbons (Fsp3) is 0.500. The van der Waals surface area contributed by atoms with Crippen LogP contribution in [0.4, 0.5) is 14.5 Å². The van der Waals surface area contributed by atoms with Gasteiger partial charge in [-0.25, -0.2) is 21.9 Å². The normalized spacial score (nSPS) is 23.7. The Labute approximate surface area is 111 Å². The summed E-state index contributed by atoms with van der Waals surface area (Å²) in [5, 5.41) is 0. The van der Waals surface area contributed by atoms with E-state index in [0.29, 0.717) is 6.42 Å². The van der Waals surface area contributed by atoms with Gasteiger partial charge in [0.25, 0.3) is 0 Å². The van der Waals surface area contributed by atoms with Crippen LogP contribution in [-0.4, -0.2) is 14.5 Å². The molecule has 0 heterocycles. The molecule has 0 amide bonds. The summed E-state index contributed by atoms with van der Waals surface area (Å²) in [7, 11) is -4.21. The molecule has 0 aliphatic heterocycles. The smallest absolute Gasteiger partial charge is 0.246 e. The Morgan fingerprint density at radius 3 is 2.32 bits per heavy atom. The van der Waals surface area contributed by atoms with Gasteiger partial charge in [0.05, 0.1) is 0 Å². The molecule has 2 atom stereocenters. The standard InChI is InChI=1S/C12H16F2N2O2S/c1-7-3-2-4-11(7)16-19(17,18)12-9(13)5-8(15)6-10(12)14/h5-7,11,16H,2-4,15H2,1H3. The van der Waals surface area contributed by atoms with Crippen molar-refractivity contribution in [3.8, 4) is 0 Å². The molecular weight excluding hydrogens is 274 g/mol. The van der Waals surface area contributed by atoms with Crippen LogP contribution in [0, 0.1) is 17.6 Å². The van der Waals surface area contributed by atoms with E-state index in [1.165, 1.54) is 0 Å². The van der Waals surface area contributed by atoms with Crippen molar-refractivity contribution in [2.75, 3.05) is 5.73 Å². The lowest BCUT2D eigenvalue weighted by atomic mass is 10.1. The Morgan fingerprint density at radius 1 is 1.26 bits per heavy atom. The monoisotopic (exact) mass is 290 g/mol. The van der Waals surface area contributed by atoms with Gasteiger partial charge in [-0.2, -0.15) is 0 Å². The van der Waals surface area contributed by atoms with Crippen LogP contribution >= 0.6 is 0 Å². The maximum Gasteiger partial charge on any atom is 0.246 e. The van der Waals surface area contributed by atoms with E-state index >= 15 is 0 Å². The Kier molecular flexibility index (Phi) is 3.78. The molecule has 1 aromatic carbocycles. The van der Waals surface area contributed by atoms with Gasteiger partial charge in [-0.05, 0) is 30.9 Å². The molecule has 4 nitrogen and oxygen atoms in total. The molecule has 1 aromatic rings. The molecule has 19 heavy (non-hydrogen) atoms. The molecule has 1 fully saturated rings. The van der Waals surface area contributed by atoms with E-state index in [-0.39, 0.29) is 17.6 Å². The average molecular weight is 290 g/mol. The summed E-state index contributed by atoms with van der Waals surface area (Å²) >= 11 is 0. The Bertz CT molecular complexity index is 566. The minimum absolute atomic E-state index is 0.150. The number of rotatable bonds is 3. The number of nitrogen functional groups attached to an aromatic ring is 1. The van der Waals surface area contributed by atoms with Crippen LogP contribution in [0.15, 0.2) is 17.0 Å². The minimum Gasteiger partial charge on any atom is -0.399 e. The Morgan fingerprint density at radius 2 is 1.84 bits per heavy atom. The summed E-state index contributed by atoms with van der Waals surface area (Å²) in [6.07, 6.45) is 2.49. The summed E-state index contributed by atoms with van der Waals surface area (Å²) in [4.78, 5) is -0.958. The zero-order valence-corrected chi connectivity index (χ0v) is 11.3. The molecule has 1 aliphatic rings. The second kappa shape index (κ2) is 5.05. The first-order chi connectivity index (χ1) is 8.81. The highest BCUT2D eigenvalue weighted by molar-refractivity contribution is 7.89. The topological polar surface area (TPSA) is 72.2 Å². The van der Waals surface area contributed by atoms with E-state index in [1.807, 2.05) is 6.92 Å². The maximum absolute atomic E-state index is 13.6. The van der Waals surface area contributed by atoms with Gasteiger partial charge < -0.3 is 5.73 Å². The van der Waals surface area contributed by atoms with E-state index in [0.717, 1.165) is 25.0 Å². The van der Waals surface area contributed by atoms with Crippen LogP contribution in [0.1, 0.15) is 26.2 Å². The van der Waals surface area contributed by atoms with Crippen LogP contribution in [0.2, 0.25) is 0 Å². The van der Waals surface area contributed by atoms with Crippen molar-refractivity contribution >= 4 is 15.7 Å². The quantitative estimate of drug-likeness (QED) is 0.836. The molecule has 0 spiro atoms. The number of hydrogen-bond donors (Lipinski definition) is 2. The molecule has 2 unspecified atom stereocenters. The molecule has 0 bridgehead atoms. The lowest BCUT2D eigenvalue weighted by molar-refractivity contribution is 0.466. The second-order valence-electron chi connectivity index (χ2n) is 4.95. The SMILES string of the molecule is CC1CCCC1NS(=O)(=O)c1c(F)cc(N)cc1F. The molecule has 0 aromatic heterocycles. The Hall–Kier alpha value is -1.21. The minimum atomic E-state index is -4.21. The van der Waals surface area contributed by atoms with Gasteiger partial charge >= 0.3 is 0 Å². The lowest BCUT2D eigenvalue weighted by Gasteiger charge is -2.18. The summed E-state index contributed by atoms with van der Waals surface area (Å²) in [5.74, 6) is -2.18. The lowest BCUT2D eigenvalue weighted by Crippen LogP contribution is -2.37. The molecule has 1 aliphatic carbocycles. The first kappa shape index (κ1) is 14.2. The summed E-state index contributed by atoms with van der Waals surface area (Å²) in [6, 6.07) is 1.33. The van der Waals surface area contributed by atoms with Crippen LogP contribution in [0.5, 0.6) is 0 Å². The number of nitrogens with two attached hydrogens (primary N) is 1. The molecule has 106 valence electrons. The zero-order chi connectivity index (χ0) is 14.2. The van der Waals surface area contributed by atoms with Crippen molar-refractivity contribution < 1.29 is 17.2 Å². The highest BCUT2D eigenvalue weighted by atomic mass is 32.2. The highest BCUT2D eigenvalue weighted by Crippen LogP contribution is 2.28. The number of nitrogens with one attached hydrogen (secondary N) is 1. The highest BCUT2D eigenvalue weighted by Gasteiger charge is 2.31. The predicted molar refractivity (Wildman–Crippen MR) is 67.9 cm³/mol. The van der Waals surface area contributed by atoms with Gasteiger partial charge in [-0.15, -0.1) is 0 Å². The molecule has 0 radical (unpaired) electrons. The predicted octanol–water partition coefficient (Wildman–Crippen LogP) is 2.01. The first-order valence-electron chi connectivity index (χ1n) is 6.08. The van der Waals surface area contributed by atoms with E-state index in [1.54, 1.807) is 0 Å². The van der Waals surface area contributed by atoms with Crippen LogP contribution in [0.25, 0.3) is 0 Å². The average Bonchev–Trinajstić information content (AvgIpc) is 2.61. The Balaban J connectivity index is 2.34. The summed E-state index contributed by atoms with van der Waals surface area (Å²) < 4.78 is 53.8. The van der Waals surface area contributed by atoms with E-state index in [9.17, 15) is 17.2 Å². The van der Waals surface area contributed by atoms with Gasteiger partial charge in [0, 0.05) is 11.7 Å². The van der Waals surface area contributed by atoms with E-state index < -0.39 is 26.6 Å². The van der Waals surface area contributed by atoms with E-state index in [4.69, 9.17) is 5.73 Å². The number of benzene rings is 1. The molecule has 7 heteroatoms. The maximum atomic E-state index is 13.6. The van der Waals surface area contributed by atoms with Crippen LogP contribution < -0.4 is 10.5 Å². The molecule has 0 saturated heterocycles. The van der Waals surface area contributed by atoms with Crippen LogP contribution in [-0.2, 0) is 10.0 Å². The third-order valence-corrected chi connectivity index (χ3v) is 5.00. The number of halogens is 2. The number of hydrogen-bond acceptors (Lipinski definition) is 3. The van der Waals surface area contributed by atoms with Crippen molar-refractivity contribution in [2.24, 2.45) is 5.92 Å². The molecule has 3 N–H and O–H groups in total. The number of sulfonamides is 1. The first-order valence-corrected chi connectivity index (χ1v) is 7.56. The summed E-state index contributed by atoms with van der Waals surface area (Å²) in [6.45, 7) is 1.91. The number of anilines is 1. The van der Waals surface area contributed by atoms with Gasteiger partial charge in [0.2, 0.25) is 10.0 Å². The van der Waals surface area contributed by atoms with Gasteiger partial charge in [-0.3, -0.25) is 0 Å². The summed E-state index contributed by atoms with van der Waals surface area (Å²) in [5.41, 5.74) is 5.11. The van der Waals surface area contributed by atoms with Crippen molar-refractivity contribution in [3.05, 3.63) is 23.8 Å². The second-order valence-corrected chi connectivity index (χ2v) is 6.60. The molecule has 2 rings (SSSR count). The molecule has 1 saturated carbocycles. The fourth-order valence-corrected chi connectivity index (χ4v) is 3.91. The van der Waals surface area contributed by atoms with E-state index in [2.05, 4.69) is 4.72 Å². The largest absolute Gasteiger partial charge is 0.399 e. The fourth-order valence-electron chi connectivity index (χ4n) is 2.41. The van der Waals surface area contributed by atoms with Gasteiger partial charge in [0.1, 0.15) is 11.6 Å². The van der Waals surface area contributed by atoms with Crippen molar-refractivity contribution in [1.29, 1.82) is 0 Å². The van der Waals surface area contributed by atoms with Gasteiger partial charge in [0.15, 0.2) is 4.90 Å². The molecular formula is C12H16F2N2O2S.